The summed E-state index contributed by atoms with van der Waals surface area (Å²) in [7, 11) is 6.50. The molecule has 1 N–H and O–H groups in total. The van der Waals surface area contributed by atoms with Gasteiger partial charge in [0, 0.05) is 26.4 Å². The number of aldehydes is 1. The summed E-state index contributed by atoms with van der Waals surface area (Å²) in [5.74, 6) is 2.05. The van der Waals surface area contributed by atoms with Crippen LogP contribution in [0.4, 0.5) is 0 Å². The lowest BCUT2D eigenvalue weighted by Gasteiger charge is -2.41. The van der Waals surface area contributed by atoms with Crippen molar-refractivity contribution in [3.05, 3.63) is 46.7 Å². The Morgan fingerprint density at radius 1 is 1.12 bits per heavy atom. The second-order valence-electron chi connectivity index (χ2n) is 8.07. The fourth-order valence-corrected chi connectivity index (χ4v) is 4.65. The van der Waals surface area contributed by atoms with E-state index in [2.05, 4.69) is 5.32 Å². The number of methoxy groups -OCH3 is 4. The first-order valence-electron chi connectivity index (χ1n) is 11.0. The van der Waals surface area contributed by atoms with Gasteiger partial charge in [-0.3, -0.25) is 4.79 Å². The summed E-state index contributed by atoms with van der Waals surface area (Å²) in [5, 5.41) is 3.37. The summed E-state index contributed by atoms with van der Waals surface area (Å²) in [5.41, 5.74) is 2.24. The van der Waals surface area contributed by atoms with Crippen LogP contribution in [0.25, 0.3) is 0 Å². The van der Waals surface area contributed by atoms with Gasteiger partial charge in [0.2, 0.25) is 0 Å². The predicted molar refractivity (Wildman–Crippen MR) is 121 cm³/mol. The third-order valence-electron chi connectivity index (χ3n) is 6.38. The maximum Gasteiger partial charge on any atom is 0.161 e. The van der Waals surface area contributed by atoms with Gasteiger partial charge >= 0.3 is 0 Å². The molecule has 7 heteroatoms. The van der Waals surface area contributed by atoms with E-state index < -0.39 is 5.60 Å². The van der Waals surface area contributed by atoms with Crippen LogP contribution in [0.3, 0.4) is 0 Å². The van der Waals surface area contributed by atoms with Gasteiger partial charge in [-0.1, -0.05) is 11.6 Å². The first-order chi connectivity index (χ1) is 15.5. The molecule has 0 amide bonds. The maximum absolute atomic E-state index is 12.9. The van der Waals surface area contributed by atoms with Gasteiger partial charge in [0.15, 0.2) is 22.9 Å². The zero-order valence-electron chi connectivity index (χ0n) is 19.4. The van der Waals surface area contributed by atoms with Crippen molar-refractivity contribution in [2.75, 3.05) is 35.0 Å². The molecule has 1 heterocycles. The number of nitrogens with one attached hydrogen (secondary N) is 1. The summed E-state index contributed by atoms with van der Waals surface area (Å²) in [6.45, 7) is 0.728. The molecule has 1 aliphatic carbocycles. The van der Waals surface area contributed by atoms with E-state index in [1.807, 2.05) is 24.3 Å². The highest BCUT2D eigenvalue weighted by Crippen LogP contribution is 2.47. The lowest BCUT2D eigenvalue weighted by Crippen LogP contribution is -2.46. The Morgan fingerprint density at radius 2 is 1.91 bits per heavy atom. The minimum absolute atomic E-state index is 0.144. The molecule has 0 bridgehead atoms. The van der Waals surface area contributed by atoms with E-state index in [9.17, 15) is 9.59 Å². The Morgan fingerprint density at radius 3 is 2.56 bits per heavy atom. The fourth-order valence-electron chi connectivity index (χ4n) is 4.65. The topological polar surface area (TPSA) is 83.1 Å². The van der Waals surface area contributed by atoms with Crippen LogP contribution in [0.1, 0.15) is 44.1 Å². The van der Waals surface area contributed by atoms with Crippen molar-refractivity contribution in [3.63, 3.8) is 0 Å². The standard InChI is InChI=1S/C25H33NO6/c1-29-21-10-9-18(14-22(21)30-2)25(32-4)16-17-11-12-26-24(19(17)15-23(25)31-3)20(28)8-6-5-7-13-27/h9-10,13-15,24,26H,5-8,11-12,16H2,1-4H3. The van der Waals surface area contributed by atoms with Crippen molar-refractivity contribution in [3.8, 4) is 11.5 Å². The molecule has 174 valence electrons. The van der Waals surface area contributed by atoms with E-state index in [-0.39, 0.29) is 11.8 Å². The largest absolute Gasteiger partial charge is 0.498 e. The summed E-state index contributed by atoms with van der Waals surface area (Å²) in [6, 6.07) is 5.37. The van der Waals surface area contributed by atoms with Crippen LogP contribution in [0, 0.1) is 0 Å². The van der Waals surface area contributed by atoms with Crippen LogP contribution in [0.15, 0.2) is 41.2 Å². The van der Waals surface area contributed by atoms with Crippen LogP contribution < -0.4 is 14.8 Å². The van der Waals surface area contributed by atoms with E-state index in [0.29, 0.717) is 42.9 Å². The third-order valence-corrected chi connectivity index (χ3v) is 6.38. The number of Topliss-reactive ketones (excluding diaryl/α,β-unsaturated/α-hetero) is 1. The normalized spacial score (nSPS) is 22.6. The maximum atomic E-state index is 12.9. The summed E-state index contributed by atoms with van der Waals surface area (Å²) in [4.78, 5) is 23.5. The van der Waals surface area contributed by atoms with Gasteiger partial charge in [-0.25, -0.2) is 0 Å². The Bertz CT molecular complexity index is 906. The highest BCUT2D eigenvalue weighted by Gasteiger charge is 2.44. The summed E-state index contributed by atoms with van der Waals surface area (Å²) >= 11 is 0. The van der Waals surface area contributed by atoms with E-state index in [1.165, 1.54) is 5.57 Å². The molecule has 2 unspecified atom stereocenters. The molecule has 32 heavy (non-hydrogen) atoms. The smallest absolute Gasteiger partial charge is 0.161 e. The van der Waals surface area contributed by atoms with E-state index >= 15 is 0 Å². The van der Waals surface area contributed by atoms with Gasteiger partial charge in [-0.2, -0.15) is 0 Å². The van der Waals surface area contributed by atoms with Crippen molar-refractivity contribution in [2.45, 2.75) is 50.2 Å². The van der Waals surface area contributed by atoms with Crippen molar-refractivity contribution in [1.29, 1.82) is 0 Å². The molecule has 0 saturated heterocycles. The van der Waals surface area contributed by atoms with Crippen LogP contribution in [-0.4, -0.2) is 53.1 Å². The minimum Gasteiger partial charge on any atom is -0.498 e. The van der Waals surface area contributed by atoms with Gasteiger partial charge in [-0.05, 0) is 55.2 Å². The molecular weight excluding hydrogens is 410 g/mol. The molecule has 0 spiro atoms. The van der Waals surface area contributed by atoms with E-state index in [0.717, 1.165) is 36.8 Å². The first-order valence-corrected chi connectivity index (χ1v) is 11.0. The average molecular weight is 444 g/mol. The number of carbonyl (C=O) groups excluding carboxylic acids is 2. The lowest BCUT2D eigenvalue weighted by molar-refractivity contribution is -0.120. The number of rotatable bonds is 11. The monoisotopic (exact) mass is 443 g/mol. The molecule has 1 aliphatic heterocycles. The number of ketones is 1. The van der Waals surface area contributed by atoms with Gasteiger partial charge in [0.25, 0.3) is 0 Å². The van der Waals surface area contributed by atoms with Gasteiger partial charge < -0.3 is 29.1 Å². The number of carbonyl (C=O) groups is 2. The molecule has 2 atom stereocenters. The fraction of sp³-hybridized carbons (Fsp3) is 0.520. The number of hydrogen-bond acceptors (Lipinski definition) is 7. The first kappa shape index (κ1) is 24.0. The van der Waals surface area contributed by atoms with Crippen molar-refractivity contribution in [1.82, 2.24) is 5.32 Å². The molecule has 1 aromatic carbocycles. The Labute approximate surface area is 189 Å². The molecule has 3 rings (SSSR count). The third kappa shape index (κ3) is 4.59. The molecule has 0 saturated carbocycles. The van der Waals surface area contributed by atoms with Crippen LogP contribution in [-0.2, 0) is 24.7 Å². The molecule has 2 aliphatic rings. The Kier molecular flexibility index (Phi) is 8.10. The quantitative estimate of drug-likeness (QED) is 0.414. The van der Waals surface area contributed by atoms with Crippen LogP contribution in [0.5, 0.6) is 11.5 Å². The van der Waals surface area contributed by atoms with Gasteiger partial charge in [0.1, 0.15) is 12.0 Å². The second-order valence-corrected chi connectivity index (χ2v) is 8.07. The predicted octanol–water partition coefficient (Wildman–Crippen LogP) is 3.47. The van der Waals surface area contributed by atoms with Crippen molar-refractivity contribution in [2.24, 2.45) is 0 Å². The molecular formula is C25H33NO6. The molecule has 0 radical (unpaired) electrons. The van der Waals surface area contributed by atoms with Crippen molar-refractivity contribution >= 4 is 12.1 Å². The minimum atomic E-state index is -0.817. The van der Waals surface area contributed by atoms with E-state index in [4.69, 9.17) is 18.9 Å². The van der Waals surface area contributed by atoms with Gasteiger partial charge in [-0.15, -0.1) is 0 Å². The zero-order valence-corrected chi connectivity index (χ0v) is 19.4. The van der Waals surface area contributed by atoms with Crippen molar-refractivity contribution < 1.29 is 28.5 Å². The summed E-state index contributed by atoms with van der Waals surface area (Å²) < 4.78 is 22.8. The SMILES string of the molecule is COC1=CC2=C(CCNC2C(=O)CCCCC=O)CC1(OC)c1ccc(OC)c(OC)c1. The van der Waals surface area contributed by atoms with E-state index in [1.54, 1.807) is 28.4 Å². The summed E-state index contributed by atoms with van der Waals surface area (Å²) in [6.07, 6.45) is 6.67. The number of benzene rings is 1. The zero-order chi connectivity index (χ0) is 23.1. The lowest BCUT2D eigenvalue weighted by atomic mass is 9.75. The number of hydrogen-bond donors (Lipinski definition) is 1. The Hall–Kier alpha value is -2.64. The number of unbranched alkanes of at least 4 members (excludes halogenated alkanes) is 2. The van der Waals surface area contributed by atoms with Crippen LogP contribution in [0.2, 0.25) is 0 Å². The molecule has 7 nitrogen and oxygen atoms in total. The molecule has 0 fully saturated rings. The number of ether oxygens (including phenoxy) is 4. The second kappa shape index (κ2) is 10.8. The van der Waals surface area contributed by atoms with Crippen LogP contribution >= 0.6 is 0 Å². The Balaban J connectivity index is 1.94. The highest BCUT2D eigenvalue weighted by molar-refractivity contribution is 5.88. The van der Waals surface area contributed by atoms with Gasteiger partial charge in [0.05, 0.1) is 27.4 Å². The highest BCUT2D eigenvalue weighted by atomic mass is 16.5. The molecule has 0 aromatic heterocycles. The molecule has 1 aromatic rings. The average Bonchev–Trinajstić information content (AvgIpc) is 2.84.